The Morgan fingerprint density at radius 3 is 2.35 bits per heavy atom. The van der Waals surface area contributed by atoms with E-state index in [1.54, 1.807) is 11.8 Å². The first-order valence-electron chi connectivity index (χ1n) is 5.36. The van der Waals surface area contributed by atoms with Gasteiger partial charge in [-0.25, -0.2) is 0 Å². The van der Waals surface area contributed by atoms with Gasteiger partial charge in [0.25, 0.3) is 0 Å². The van der Waals surface area contributed by atoms with Gasteiger partial charge < -0.3 is 0 Å². The fourth-order valence-corrected chi connectivity index (χ4v) is 1.79. The fourth-order valence-electron chi connectivity index (χ4n) is 1.38. The molecule has 17 heavy (non-hydrogen) atoms. The van der Waals surface area contributed by atoms with Gasteiger partial charge in [0.15, 0.2) is 0 Å². The Kier molecular flexibility index (Phi) is 4.22. The quantitative estimate of drug-likeness (QED) is 0.500. The monoisotopic (exact) mass is 242 g/mol. The van der Waals surface area contributed by atoms with Crippen molar-refractivity contribution in [2.45, 2.75) is 4.90 Å². The maximum absolute atomic E-state index is 4.19. The molecule has 3 heteroatoms. The molecule has 2 aromatic carbocycles. The van der Waals surface area contributed by atoms with Gasteiger partial charge in [-0.3, -0.25) is 5.43 Å². The van der Waals surface area contributed by atoms with Gasteiger partial charge in [0.2, 0.25) is 0 Å². The van der Waals surface area contributed by atoms with Gasteiger partial charge in [0, 0.05) is 4.90 Å². The summed E-state index contributed by atoms with van der Waals surface area (Å²) < 4.78 is 0. The van der Waals surface area contributed by atoms with E-state index in [-0.39, 0.29) is 0 Å². The number of nitrogens with one attached hydrogen (secondary N) is 1. The van der Waals surface area contributed by atoms with Crippen LogP contribution in [-0.2, 0) is 0 Å². The van der Waals surface area contributed by atoms with Crippen LogP contribution < -0.4 is 5.43 Å². The van der Waals surface area contributed by atoms with Crippen LogP contribution in [0.2, 0.25) is 0 Å². The first-order valence-corrected chi connectivity index (χ1v) is 6.59. The second-order valence-corrected chi connectivity index (χ2v) is 4.39. The first kappa shape index (κ1) is 11.7. The van der Waals surface area contributed by atoms with Crippen LogP contribution in [0, 0.1) is 0 Å². The third-order valence-electron chi connectivity index (χ3n) is 2.30. The fraction of sp³-hybridized carbons (Fsp3) is 0.0714. The Morgan fingerprint density at radius 1 is 1.00 bits per heavy atom. The molecule has 0 saturated heterocycles. The molecule has 0 amide bonds. The van der Waals surface area contributed by atoms with E-state index in [4.69, 9.17) is 0 Å². The van der Waals surface area contributed by atoms with Gasteiger partial charge in [-0.05, 0) is 36.1 Å². The van der Waals surface area contributed by atoms with E-state index in [1.165, 1.54) is 4.90 Å². The zero-order valence-corrected chi connectivity index (χ0v) is 10.4. The molecule has 0 aromatic heterocycles. The average molecular weight is 242 g/mol. The summed E-state index contributed by atoms with van der Waals surface area (Å²) in [6.45, 7) is 0. The number of anilines is 1. The molecule has 0 saturated carbocycles. The number of hydrogen-bond donors (Lipinski definition) is 1. The van der Waals surface area contributed by atoms with Gasteiger partial charge in [0.1, 0.15) is 0 Å². The summed E-state index contributed by atoms with van der Waals surface area (Å²) in [6, 6.07) is 18.2. The second-order valence-electron chi connectivity index (χ2n) is 3.51. The van der Waals surface area contributed by atoms with Crippen molar-refractivity contribution in [2.24, 2.45) is 5.10 Å². The summed E-state index contributed by atoms with van der Waals surface area (Å²) in [5, 5.41) is 4.19. The lowest BCUT2D eigenvalue weighted by Crippen LogP contribution is -1.89. The molecule has 0 aliphatic heterocycles. The Hall–Kier alpha value is -1.74. The number of hydrogen-bond acceptors (Lipinski definition) is 3. The summed E-state index contributed by atoms with van der Waals surface area (Å²) in [6.07, 6.45) is 3.89. The van der Waals surface area contributed by atoms with Crippen LogP contribution in [0.5, 0.6) is 0 Å². The molecule has 2 aromatic rings. The van der Waals surface area contributed by atoms with Crippen molar-refractivity contribution in [3.8, 4) is 0 Å². The lowest BCUT2D eigenvalue weighted by molar-refractivity contribution is 1.35. The summed E-state index contributed by atoms with van der Waals surface area (Å²) in [4.78, 5) is 1.26. The van der Waals surface area contributed by atoms with E-state index >= 15 is 0 Å². The van der Waals surface area contributed by atoms with Gasteiger partial charge in [0.05, 0.1) is 11.9 Å². The highest BCUT2D eigenvalue weighted by atomic mass is 32.2. The Labute approximate surface area is 106 Å². The molecule has 1 N–H and O–H groups in total. The second kappa shape index (κ2) is 6.11. The molecular formula is C14H14N2S. The Morgan fingerprint density at radius 2 is 1.71 bits per heavy atom. The van der Waals surface area contributed by atoms with E-state index < -0.39 is 0 Å². The topological polar surface area (TPSA) is 24.4 Å². The molecule has 0 aliphatic carbocycles. The van der Waals surface area contributed by atoms with Crippen LogP contribution in [0.1, 0.15) is 5.56 Å². The van der Waals surface area contributed by atoms with Crippen molar-refractivity contribution in [2.75, 3.05) is 11.7 Å². The average Bonchev–Trinajstić information content (AvgIpc) is 2.41. The van der Waals surface area contributed by atoms with Crippen molar-refractivity contribution in [3.63, 3.8) is 0 Å². The summed E-state index contributed by atoms with van der Waals surface area (Å²) in [5.41, 5.74) is 5.07. The summed E-state index contributed by atoms with van der Waals surface area (Å²) in [7, 11) is 0. The van der Waals surface area contributed by atoms with E-state index in [2.05, 4.69) is 41.0 Å². The molecule has 0 spiro atoms. The highest BCUT2D eigenvalue weighted by Crippen LogP contribution is 2.14. The molecule has 2 nitrogen and oxygen atoms in total. The first-order chi connectivity index (χ1) is 8.38. The van der Waals surface area contributed by atoms with E-state index in [0.717, 1.165) is 11.3 Å². The zero-order valence-electron chi connectivity index (χ0n) is 9.63. The van der Waals surface area contributed by atoms with E-state index in [0.29, 0.717) is 0 Å². The lowest BCUT2D eigenvalue weighted by Gasteiger charge is -1.99. The third kappa shape index (κ3) is 3.64. The molecule has 0 heterocycles. The number of thioether (sulfide) groups is 1. The van der Waals surface area contributed by atoms with Gasteiger partial charge >= 0.3 is 0 Å². The zero-order chi connectivity index (χ0) is 11.9. The molecule has 0 bridgehead atoms. The van der Waals surface area contributed by atoms with Crippen LogP contribution in [0.15, 0.2) is 64.6 Å². The van der Waals surface area contributed by atoms with Crippen LogP contribution in [0.3, 0.4) is 0 Å². The predicted molar refractivity (Wildman–Crippen MR) is 75.9 cm³/mol. The minimum absolute atomic E-state index is 0.990. The number of nitrogens with zero attached hydrogens (tertiary/aromatic N) is 1. The Bertz CT molecular complexity index is 477. The molecule has 2 rings (SSSR count). The van der Waals surface area contributed by atoms with Crippen LogP contribution in [0.4, 0.5) is 5.69 Å². The molecular weight excluding hydrogens is 228 g/mol. The van der Waals surface area contributed by atoms with E-state index in [9.17, 15) is 0 Å². The number of rotatable bonds is 4. The molecule has 0 fully saturated rings. The number of para-hydroxylation sites is 1. The third-order valence-corrected chi connectivity index (χ3v) is 3.04. The number of hydrazone groups is 1. The smallest absolute Gasteiger partial charge is 0.0561 e. The van der Waals surface area contributed by atoms with Gasteiger partial charge in [-0.2, -0.15) is 5.10 Å². The van der Waals surface area contributed by atoms with Crippen molar-refractivity contribution >= 4 is 23.7 Å². The highest BCUT2D eigenvalue weighted by Gasteiger charge is 1.90. The van der Waals surface area contributed by atoms with Gasteiger partial charge in [-0.15, -0.1) is 11.8 Å². The van der Waals surface area contributed by atoms with Crippen molar-refractivity contribution < 1.29 is 0 Å². The predicted octanol–water partition coefficient (Wildman–Crippen LogP) is 3.85. The van der Waals surface area contributed by atoms with Crippen LogP contribution >= 0.6 is 11.8 Å². The number of benzene rings is 2. The van der Waals surface area contributed by atoms with Crippen molar-refractivity contribution in [3.05, 3.63) is 60.2 Å². The van der Waals surface area contributed by atoms with E-state index in [1.807, 2.05) is 36.5 Å². The van der Waals surface area contributed by atoms with Crippen LogP contribution in [-0.4, -0.2) is 12.5 Å². The molecule has 0 radical (unpaired) electrons. The standard InChI is InChI=1S/C14H14N2S/c1-17-14-9-7-12(8-10-14)11-15-16-13-5-3-2-4-6-13/h2-11,16H,1H3. The van der Waals surface area contributed by atoms with Crippen molar-refractivity contribution in [1.29, 1.82) is 0 Å². The molecule has 0 aliphatic rings. The summed E-state index contributed by atoms with van der Waals surface area (Å²) in [5.74, 6) is 0. The highest BCUT2D eigenvalue weighted by molar-refractivity contribution is 7.98. The lowest BCUT2D eigenvalue weighted by atomic mass is 10.2. The molecule has 86 valence electrons. The van der Waals surface area contributed by atoms with Crippen LogP contribution in [0.25, 0.3) is 0 Å². The molecule has 0 atom stereocenters. The normalized spacial score (nSPS) is 10.6. The largest absolute Gasteiger partial charge is 0.279 e. The van der Waals surface area contributed by atoms with Crippen molar-refractivity contribution in [1.82, 2.24) is 0 Å². The maximum atomic E-state index is 4.19. The maximum Gasteiger partial charge on any atom is 0.0561 e. The SMILES string of the molecule is CSc1ccc(C=NNc2ccccc2)cc1. The summed E-state index contributed by atoms with van der Waals surface area (Å²) >= 11 is 1.74. The Balaban J connectivity index is 1.96. The minimum Gasteiger partial charge on any atom is -0.279 e. The molecule has 0 unspecified atom stereocenters. The minimum atomic E-state index is 0.990. The van der Waals surface area contributed by atoms with Gasteiger partial charge in [-0.1, -0.05) is 30.3 Å².